The summed E-state index contributed by atoms with van der Waals surface area (Å²) in [6, 6.07) is 6.04. The molecular weight excluding hydrogens is 432 g/mol. The molecule has 34 heavy (non-hydrogen) atoms. The SMILES string of the molecule is CC[C@H]1C[C@@H]2C[C@H]3c4c(c5cc(OC(=O)NCCN(C)C)ccc5n4C(=O)OC)CCN(C2)[C@@H]13. The van der Waals surface area contributed by atoms with Crippen molar-refractivity contribution in [2.75, 3.05) is 47.4 Å². The Morgan fingerprint density at radius 2 is 2.06 bits per heavy atom. The lowest BCUT2D eigenvalue weighted by molar-refractivity contribution is -0.0140. The van der Waals surface area contributed by atoms with Gasteiger partial charge in [-0.05, 0) is 69.0 Å². The van der Waals surface area contributed by atoms with Crippen LogP contribution in [0.3, 0.4) is 0 Å². The zero-order valence-corrected chi connectivity index (χ0v) is 20.7. The molecule has 1 aromatic carbocycles. The Balaban J connectivity index is 1.53. The molecule has 8 nitrogen and oxygen atoms in total. The van der Waals surface area contributed by atoms with Crippen LogP contribution in [0.5, 0.6) is 5.75 Å². The largest absolute Gasteiger partial charge is 0.452 e. The van der Waals surface area contributed by atoms with E-state index >= 15 is 0 Å². The summed E-state index contributed by atoms with van der Waals surface area (Å²) in [7, 11) is 5.36. The lowest BCUT2D eigenvalue weighted by atomic mass is 9.65. The van der Waals surface area contributed by atoms with E-state index in [2.05, 4.69) is 17.1 Å². The second-order valence-corrected chi connectivity index (χ2v) is 10.3. The van der Waals surface area contributed by atoms with Gasteiger partial charge in [0.2, 0.25) is 0 Å². The van der Waals surface area contributed by atoms with E-state index in [-0.39, 0.29) is 6.09 Å². The fourth-order valence-corrected chi connectivity index (χ4v) is 6.71. The Morgan fingerprint density at radius 1 is 1.24 bits per heavy atom. The normalized spacial score (nSPS) is 27.4. The van der Waals surface area contributed by atoms with Gasteiger partial charge in [-0.1, -0.05) is 13.3 Å². The summed E-state index contributed by atoms with van der Waals surface area (Å²) in [5, 5.41) is 3.77. The van der Waals surface area contributed by atoms with E-state index in [0.29, 0.717) is 36.1 Å². The first-order valence-electron chi connectivity index (χ1n) is 12.5. The van der Waals surface area contributed by atoms with Gasteiger partial charge in [-0.25, -0.2) is 14.2 Å². The van der Waals surface area contributed by atoms with Crippen LogP contribution in [0.1, 0.15) is 43.4 Å². The van der Waals surface area contributed by atoms with Gasteiger partial charge in [0.1, 0.15) is 5.75 Å². The topological polar surface area (TPSA) is 76.0 Å². The number of nitrogens with one attached hydrogen (secondary N) is 1. The summed E-state index contributed by atoms with van der Waals surface area (Å²) in [5.74, 6) is 2.15. The highest BCUT2D eigenvalue weighted by atomic mass is 16.6. The van der Waals surface area contributed by atoms with Crippen molar-refractivity contribution >= 4 is 23.1 Å². The van der Waals surface area contributed by atoms with Crippen molar-refractivity contribution in [1.82, 2.24) is 19.7 Å². The first-order valence-corrected chi connectivity index (χ1v) is 12.5. The Bertz CT molecular complexity index is 1090. The van der Waals surface area contributed by atoms with Crippen LogP contribution < -0.4 is 10.1 Å². The van der Waals surface area contributed by atoms with E-state index in [9.17, 15) is 9.59 Å². The van der Waals surface area contributed by atoms with Gasteiger partial charge in [0.05, 0.1) is 12.6 Å². The molecule has 1 saturated carbocycles. The standard InChI is InChI=1S/C26H36N4O4/c1-5-17-12-16-13-21-23(17)29(15-16)10-8-19-20-14-18(34-25(31)27-9-11-28(2)3)6-7-22(20)30(24(19)21)26(32)33-4/h6-7,14,16-17,21,23H,5,8-13,15H2,1-4H3,(H,27,31)/t16-,17+,21-,23+/m1/s1. The number of ether oxygens (including phenoxy) is 2. The molecule has 4 bridgehead atoms. The molecule has 4 aliphatic rings. The molecule has 5 atom stereocenters. The Labute approximate surface area is 201 Å². The summed E-state index contributed by atoms with van der Waals surface area (Å²) < 4.78 is 12.6. The third-order valence-electron chi connectivity index (χ3n) is 8.04. The molecule has 1 aromatic heterocycles. The molecule has 8 heteroatoms. The molecule has 2 saturated heterocycles. The highest BCUT2D eigenvalue weighted by Gasteiger charge is 2.49. The minimum Gasteiger partial charge on any atom is -0.452 e. The van der Waals surface area contributed by atoms with Gasteiger partial charge in [-0.3, -0.25) is 4.90 Å². The first kappa shape index (κ1) is 23.2. The monoisotopic (exact) mass is 468 g/mol. The average Bonchev–Trinajstić information content (AvgIpc) is 3.09. The van der Waals surface area contributed by atoms with Gasteiger partial charge < -0.3 is 19.7 Å². The number of piperidine rings is 2. The lowest BCUT2D eigenvalue weighted by Crippen LogP contribution is -2.56. The van der Waals surface area contributed by atoms with Crippen molar-refractivity contribution in [2.45, 2.75) is 44.6 Å². The van der Waals surface area contributed by atoms with E-state index in [4.69, 9.17) is 9.47 Å². The number of amides is 1. The molecule has 1 N–H and O–H groups in total. The third-order valence-corrected chi connectivity index (χ3v) is 8.04. The van der Waals surface area contributed by atoms with Gasteiger partial charge in [0, 0.05) is 49.2 Å². The number of hydrogen-bond acceptors (Lipinski definition) is 6. The van der Waals surface area contributed by atoms with Crippen LogP contribution in [0, 0.1) is 11.8 Å². The second-order valence-electron chi connectivity index (χ2n) is 10.3. The summed E-state index contributed by atoms with van der Waals surface area (Å²) >= 11 is 0. The maximum absolute atomic E-state index is 13.1. The number of fused-ring (bicyclic) bond motifs is 4. The number of likely N-dealkylation sites (N-methyl/N-ethyl adjacent to an activating group) is 1. The van der Waals surface area contributed by atoms with Crippen LogP contribution in [0.15, 0.2) is 18.2 Å². The van der Waals surface area contributed by atoms with Gasteiger partial charge in [-0.15, -0.1) is 0 Å². The van der Waals surface area contributed by atoms with Crippen molar-refractivity contribution in [2.24, 2.45) is 11.8 Å². The highest BCUT2D eigenvalue weighted by molar-refractivity contribution is 5.95. The van der Waals surface area contributed by atoms with E-state index in [1.54, 1.807) is 10.6 Å². The number of aromatic nitrogens is 1. The van der Waals surface area contributed by atoms with Crippen molar-refractivity contribution in [3.05, 3.63) is 29.5 Å². The quantitative estimate of drug-likeness (QED) is 0.722. The van der Waals surface area contributed by atoms with Crippen molar-refractivity contribution in [3.8, 4) is 5.75 Å². The van der Waals surface area contributed by atoms with E-state index in [1.165, 1.54) is 32.1 Å². The average molecular weight is 469 g/mol. The molecule has 0 spiro atoms. The number of rotatable bonds is 5. The number of carbonyl (C=O) groups excluding carboxylic acids is 2. The van der Waals surface area contributed by atoms with Gasteiger partial charge in [-0.2, -0.15) is 0 Å². The summed E-state index contributed by atoms with van der Waals surface area (Å²) in [6.07, 6.45) is 3.65. The Kier molecular flexibility index (Phi) is 6.29. The Morgan fingerprint density at radius 3 is 2.79 bits per heavy atom. The summed E-state index contributed by atoms with van der Waals surface area (Å²) in [6.45, 7) is 5.71. The third kappa shape index (κ3) is 3.96. The second kappa shape index (κ2) is 9.23. The minimum absolute atomic E-state index is 0.320. The van der Waals surface area contributed by atoms with Crippen LogP contribution in [-0.4, -0.2) is 80.0 Å². The maximum atomic E-state index is 13.1. The fraction of sp³-hybridized carbons (Fsp3) is 0.615. The van der Waals surface area contributed by atoms with Crippen LogP contribution in [0.4, 0.5) is 9.59 Å². The van der Waals surface area contributed by atoms with Gasteiger partial charge >= 0.3 is 12.2 Å². The number of benzene rings is 1. The summed E-state index contributed by atoms with van der Waals surface area (Å²) in [4.78, 5) is 30.0. The van der Waals surface area contributed by atoms with Gasteiger partial charge in [0.25, 0.3) is 0 Å². The van der Waals surface area contributed by atoms with Crippen LogP contribution in [0.2, 0.25) is 0 Å². The van der Waals surface area contributed by atoms with Crippen molar-refractivity contribution in [1.29, 1.82) is 0 Å². The molecule has 2 aromatic rings. The zero-order valence-electron chi connectivity index (χ0n) is 20.7. The Hall–Kier alpha value is -2.58. The lowest BCUT2D eigenvalue weighted by Gasteiger charge is -2.53. The number of nitrogens with zero attached hydrogens (tertiary/aromatic N) is 3. The minimum atomic E-state index is -0.468. The van der Waals surface area contributed by atoms with E-state index in [1.807, 2.05) is 31.1 Å². The van der Waals surface area contributed by atoms with Crippen LogP contribution in [-0.2, 0) is 11.2 Å². The van der Waals surface area contributed by atoms with Crippen molar-refractivity contribution < 1.29 is 19.1 Å². The van der Waals surface area contributed by atoms with Crippen molar-refractivity contribution in [3.63, 3.8) is 0 Å². The maximum Gasteiger partial charge on any atom is 0.418 e. The molecule has 1 unspecified atom stereocenters. The smallest absolute Gasteiger partial charge is 0.418 e. The van der Waals surface area contributed by atoms with Crippen LogP contribution in [0.25, 0.3) is 10.9 Å². The first-order chi connectivity index (χ1) is 16.4. The predicted octanol–water partition coefficient (Wildman–Crippen LogP) is 3.67. The molecule has 1 amide bonds. The number of hydrogen-bond donors (Lipinski definition) is 1. The number of carbonyl (C=O) groups is 2. The molecular formula is C26H36N4O4. The highest BCUT2D eigenvalue weighted by Crippen LogP contribution is 2.52. The summed E-state index contributed by atoms with van der Waals surface area (Å²) in [5.41, 5.74) is 3.15. The molecule has 3 fully saturated rings. The molecule has 0 radical (unpaired) electrons. The number of methoxy groups -OCH3 is 1. The van der Waals surface area contributed by atoms with Gasteiger partial charge in [0.15, 0.2) is 0 Å². The molecule has 6 rings (SSSR count). The molecule has 184 valence electrons. The van der Waals surface area contributed by atoms with E-state index < -0.39 is 6.09 Å². The molecule has 3 aliphatic heterocycles. The molecule has 1 aliphatic carbocycles. The molecule has 4 heterocycles. The predicted molar refractivity (Wildman–Crippen MR) is 131 cm³/mol. The zero-order chi connectivity index (χ0) is 24.0. The van der Waals surface area contributed by atoms with E-state index in [0.717, 1.165) is 42.5 Å². The van der Waals surface area contributed by atoms with Crippen LogP contribution >= 0.6 is 0 Å². The fourth-order valence-electron chi connectivity index (χ4n) is 6.71.